The lowest BCUT2D eigenvalue weighted by Crippen LogP contribution is -2.26. The zero-order valence-electron chi connectivity index (χ0n) is 17.2. The van der Waals surface area contributed by atoms with Gasteiger partial charge in [0, 0.05) is 29.8 Å². The number of carbonyl (C=O) groups is 1. The van der Waals surface area contributed by atoms with E-state index in [2.05, 4.69) is 35.0 Å². The van der Waals surface area contributed by atoms with Gasteiger partial charge < -0.3 is 15.1 Å². The molecule has 6 nitrogen and oxygen atoms in total. The monoisotopic (exact) mass is 412 g/mol. The van der Waals surface area contributed by atoms with Gasteiger partial charge in [-0.3, -0.25) is 10.2 Å². The molecule has 1 heterocycles. The molecule has 3 rings (SSSR count). The van der Waals surface area contributed by atoms with Gasteiger partial charge in [-0.15, -0.1) is 0 Å². The molecule has 0 unspecified atom stereocenters. The second kappa shape index (κ2) is 9.69. The van der Waals surface area contributed by atoms with E-state index in [4.69, 9.17) is 16.6 Å². The lowest BCUT2D eigenvalue weighted by molar-refractivity contribution is 0.0921. The first-order chi connectivity index (χ1) is 14.0. The van der Waals surface area contributed by atoms with Crippen LogP contribution >= 0.6 is 12.2 Å². The Morgan fingerprint density at radius 1 is 1.24 bits per heavy atom. The number of amides is 1. The van der Waals surface area contributed by atoms with E-state index in [0.29, 0.717) is 23.3 Å². The van der Waals surface area contributed by atoms with Crippen LogP contribution in [0.1, 0.15) is 60.6 Å². The predicted molar refractivity (Wildman–Crippen MR) is 121 cm³/mol. The summed E-state index contributed by atoms with van der Waals surface area (Å²) in [7, 11) is 0. The number of furan rings is 1. The van der Waals surface area contributed by atoms with Gasteiger partial charge in [-0.25, -0.2) is 0 Å². The highest BCUT2D eigenvalue weighted by Crippen LogP contribution is 2.29. The molecular weight excluding hydrogens is 384 g/mol. The molecule has 0 atom stereocenters. The number of rotatable bonds is 6. The quantitative estimate of drug-likeness (QED) is 0.484. The summed E-state index contributed by atoms with van der Waals surface area (Å²) in [6, 6.07) is 9.69. The standard InChI is InChI=1S/C22H28N4O2S/c1-14(2)12-13-23-21(27)20-15(3)19-17(10-7-11-18(19)28-20)25-26-22(29)24-16-8-5-4-6-9-16/h4-6,8-9,14H,7,10-13H2,1-3H3,(H,23,27)(H2,24,26,29)/b25-17+. The summed E-state index contributed by atoms with van der Waals surface area (Å²) in [6.45, 7) is 6.83. The minimum Gasteiger partial charge on any atom is -0.455 e. The number of fused-ring (bicyclic) bond motifs is 1. The summed E-state index contributed by atoms with van der Waals surface area (Å²) in [5.74, 6) is 1.59. The van der Waals surface area contributed by atoms with Crippen molar-refractivity contribution < 1.29 is 9.21 Å². The average molecular weight is 413 g/mol. The van der Waals surface area contributed by atoms with E-state index >= 15 is 0 Å². The van der Waals surface area contributed by atoms with Gasteiger partial charge in [-0.2, -0.15) is 5.10 Å². The number of benzene rings is 1. The molecule has 7 heteroatoms. The molecule has 1 aliphatic rings. The van der Waals surface area contributed by atoms with Crippen LogP contribution in [0.3, 0.4) is 0 Å². The van der Waals surface area contributed by atoms with Gasteiger partial charge in [-0.05, 0) is 56.5 Å². The van der Waals surface area contributed by atoms with Crippen LogP contribution in [0.5, 0.6) is 0 Å². The number of para-hydroxylation sites is 1. The number of hydrazone groups is 1. The van der Waals surface area contributed by atoms with E-state index in [-0.39, 0.29) is 5.91 Å². The van der Waals surface area contributed by atoms with Crippen LogP contribution in [-0.2, 0) is 6.42 Å². The van der Waals surface area contributed by atoms with Crippen molar-refractivity contribution in [2.75, 3.05) is 11.9 Å². The largest absolute Gasteiger partial charge is 0.455 e. The smallest absolute Gasteiger partial charge is 0.287 e. The van der Waals surface area contributed by atoms with Crippen molar-refractivity contribution in [1.29, 1.82) is 0 Å². The molecule has 0 radical (unpaired) electrons. The van der Waals surface area contributed by atoms with Crippen molar-refractivity contribution in [2.45, 2.75) is 46.5 Å². The Hall–Kier alpha value is -2.67. The molecule has 3 N–H and O–H groups in total. The normalized spacial score (nSPS) is 14.6. The summed E-state index contributed by atoms with van der Waals surface area (Å²) in [5.41, 5.74) is 6.45. The van der Waals surface area contributed by atoms with Gasteiger partial charge in [-0.1, -0.05) is 32.0 Å². The fourth-order valence-corrected chi connectivity index (χ4v) is 3.51. The Labute approximate surface area is 177 Å². The van der Waals surface area contributed by atoms with E-state index in [9.17, 15) is 4.79 Å². The Morgan fingerprint density at radius 2 is 2.00 bits per heavy atom. The van der Waals surface area contributed by atoms with E-state index in [1.807, 2.05) is 37.3 Å². The molecule has 2 aromatic rings. The maximum Gasteiger partial charge on any atom is 0.287 e. The zero-order chi connectivity index (χ0) is 20.8. The Balaban J connectivity index is 1.71. The molecule has 0 saturated heterocycles. The van der Waals surface area contributed by atoms with Crippen molar-refractivity contribution in [3.63, 3.8) is 0 Å². The van der Waals surface area contributed by atoms with E-state index in [1.54, 1.807) is 0 Å². The van der Waals surface area contributed by atoms with Crippen molar-refractivity contribution in [2.24, 2.45) is 11.0 Å². The van der Waals surface area contributed by atoms with Crippen molar-refractivity contribution in [3.05, 3.63) is 53.0 Å². The number of aryl methyl sites for hydroxylation is 1. The summed E-state index contributed by atoms with van der Waals surface area (Å²) >= 11 is 5.33. The Morgan fingerprint density at radius 3 is 2.72 bits per heavy atom. The van der Waals surface area contributed by atoms with E-state index in [0.717, 1.165) is 54.0 Å². The number of anilines is 1. The van der Waals surface area contributed by atoms with Gasteiger partial charge in [0.1, 0.15) is 5.76 Å². The fraction of sp³-hybridized carbons (Fsp3) is 0.409. The molecule has 29 heavy (non-hydrogen) atoms. The average Bonchev–Trinajstić information content (AvgIpc) is 3.04. The molecule has 0 aliphatic heterocycles. The third-order valence-electron chi connectivity index (χ3n) is 4.86. The minimum absolute atomic E-state index is 0.161. The molecular formula is C22H28N4O2S. The van der Waals surface area contributed by atoms with E-state index in [1.165, 1.54) is 0 Å². The first kappa shape index (κ1) is 21.0. The van der Waals surface area contributed by atoms with Crippen LogP contribution < -0.4 is 16.1 Å². The van der Waals surface area contributed by atoms with Gasteiger partial charge >= 0.3 is 0 Å². The van der Waals surface area contributed by atoms with Crippen LogP contribution in [0.2, 0.25) is 0 Å². The molecule has 0 spiro atoms. The maximum absolute atomic E-state index is 12.5. The fourth-order valence-electron chi connectivity index (χ4n) is 3.35. The Bertz CT molecular complexity index is 903. The van der Waals surface area contributed by atoms with Crippen LogP contribution in [0.15, 0.2) is 39.9 Å². The number of carbonyl (C=O) groups excluding carboxylic acids is 1. The highest BCUT2D eigenvalue weighted by Gasteiger charge is 2.27. The van der Waals surface area contributed by atoms with E-state index < -0.39 is 0 Å². The number of thiocarbonyl (C=S) groups is 1. The van der Waals surface area contributed by atoms with Crippen LogP contribution in [-0.4, -0.2) is 23.3 Å². The first-order valence-electron chi connectivity index (χ1n) is 10.0. The number of hydrogen-bond donors (Lipinski definition) is 3. The van der Waals surface area contributed by atoms with Crippen LogP contribution in [0.25, 0.3) is 0 Å². The SMILES string of the molecule is Cc1c(C(=O)NCCC(C)C)oc2c1/C(=N/NC(=S)Nc1ccccc1)CCC2. The third kappa shape index (κ3) is 5.44. The second-order valence-corrected chi connectivity index (χ2v) is 8.05. The van der Waals surface area contributed by atoms with Gasteiger partial charge in [0.25, 0.3) is 5.91 Å². The lowest BCUT2D eigenvalue weighted by atomic mass is 9.93. The predicted octanol–water partition coefficient (Wildman–Crippen LogP) is 4.39. The summed E-state index contributed by atoms with van der Waals surface area (Å²) < 4.78 is 5.92. The van der Waals surface area contributed by atoms with Gasteiger partial charge in [0.05, 0.1) is 5.71 Å². The summed E-state index contributed by atoms with van der Waals surface area (Å²) in [4.78, 5) is 12.5. The van der Waals surface area contributed by atoms with Crippen LogP contribution in [0.4, 0.5) is 5.69 Å². The maximum atomic E-state index is 12.5. The number of hydrogen-bond acceptors (Lipinski definition) is 4. The molecule has 154 valence electrons. The molecule has 0 saturated carbocycles. The summed E-state index contributed by atoms with van der Waals surface area (Å²) in [6.07, 6.45) is 3.48. The third-order valence-corrected chi connectivity index (χ3v) is 5.06. The molecule has 1 amide bonds. The number of nitrogens with one attached hydrogen (secondary N) is 3. The lowest BCUT2D eigenvalue weighted by Gasteiger charge is -2.14. The first-order valence-corrected chi connectivity index (χ1v) is 10.5. The van der Waals surface area contributed by atoms with Gasteiger partial charge in [0.2, 0.25) is 0 Å². The molecule has 0 fully saturated rings. The molecule has 1 aromatic heterocycles. The minimum atomic E-state index is -0.161. The topological polar surface area (TPSA) is 78.7 Å². The van der Waals surface area contributed by atoms with Crippen molar-refractivity contribution >= 4 is 34.6 Å². The number of nitrogens with zero attached hydrogens (tertiary/aromatic N) is 1. The second-order valence-electron chi connectivity index (χ2n) is 7.64. The summed E-state index contributed by atoms with van der Waals surface area (Å²) in [5, 5.41) is 11.0. The van der Waals surface area contributed by atoms with Crippen molar-refractivity contribution in [1.82, 2.24) is 10.7 Å². The molecule has 1 aromatic carbocycles. The van der Waals surface area contributed by atoms with Crippen molar-refractivity contribution in [3.8, 4) is 0 Å². The molecule has 1 aliphatic carbocycles. The highest BCUT2D eigenvalue weighted by atomic mass is 32.1. The highest BCUT2D eigenvalue weighted by molar-refractivity contribution is 7.80. The molecule has 0 bridgehead atoms. The zero-order valence-corrected chi connectivity index (χ0v) is 18.0. The van der Waals surface area contributed by atoms with Gasteiger partial charge in [0.15, 0.2) is 10.9 Å². The Kier molecular flexibility index (Phi) is 7.04. The van der Waals surface area contributed by atoms with Crippen LogP contribution in [0, 0.1) is 12.8 Å².